The predicted octanol–water partition coefficient (Wildman–Crippen LogP) is 4.57. The number of fused-ring (bicyclic) bond motifs is 1. The van der Waals surface area contributed by atoms with Crippen molar-refractivity contribution in [3.8, 4) is 5.75 Å². The van der Waals surface area contributed by atoms with Crippen LogP contribution in [-0.4, -0.2) is 11.1 Å². The molecule has 3 heteroatoms. The quantitative estimate of drug-likeness (QED) is 0.718. The van der Waals surface area contributed by atoms with Gasteiger partial charge in [-0.25, -0.2) is 0 Å². The van der Waals surface area contributed by atoms with Crippen LogP contribution in [0.2, 0.25) is 0 Å². The van der Waals surface area contributed by atoms with Crippen LogP contribution in [0.4, 0.5) is 5.69 Å². The fourth-order valence-corrected chi connectivity index (χ4v) is 2.33. The van der Waals surface area contributed by atoms with Crippen molar-refractivity contribution in [2.75, 3.05) is 5.32 Å². The summed E-state index contributed by atoms with van der Waals surface area (Å²) in [5.41, 5.74) is 3.53. The summed E-state index contributed by atoms with van der Waals surface area (Å²) in [6.45, 7) is 4.87. The molecule has 2 aromatic carbocycles. The molecule has 0 saturated carbocycles. The molecule has 3 aromatic rings. The molecule has 0 fully saturated rings. The Morgan fingerprint density at radius 2 is 1.86 bits per heavy atom. The number of hydrogen-bond acceptors (Lipinski definition) is 2. The zero-order chi connectivity index (χ0) is 14.7. The molecule has 3 nitrogen and oxygen atoms in total. The van der Waals surface area contributed by atoms with Gasteiger partial charge < -0.3 is 15.0 Å². The lowest BCUT2D eigenvalue weighted by Gasteiger charge is -2.11. The molecule has 0 saturated heterocycles. The lowest BCUT2D eigenvalue weighted by atomic mass is 10.1. The van der Waals surface area contributed by atoms with Crippen LogP contribution in [0.1, 0.15) is 19.4 Å². The zero-order valence-electron chi connectivity index (χ0n) is 12.4. The van der Waals surface area contributed by atoms with E-state index in [1.807, 2.05) is 44.3 Å². The normalized spacial score (nSPS) is 11.0. The Labute approximate surface area is 125 Å². The van der Waals surface area contributed by atoms with Gasteiger partial charge in [0, 0.05) is 23.9 Å². The zero-order valence-corrected chi connectivity index (χ0v) is 12.4. The summed E-state index contributed by atoms with van der Waals surface area (Å²) in [5.74, 6) is 0.906. The SMILES string of the molecule is CC(C)Oc1ccc(NCc2ccc3cc[nH]c3c2)cc1. The second kappa shape index (κ2) is 5.92. The molecule has 21 heavy (non-hydrogen) atoms. The minimum Gasteiger partial charge on any atom is -0.491 e. The van der Waals surface area contributed by atoms with Crippen molar-refractivity contribution < 1.29 is 4.74 Å². The first-order valence-electron chi connectivity index (χ1n) is 7.27. The van der Waals surface area contributed by atoms with Crippen LogP contribution in [-0.2, 0) is 6.54 Å². The first-order valence-corrected chi connectivity index (χ1v) is 7.27. The van der Waals surface area contributed by atoms with Crippen molar-refractivity contribution in [2.24, 2.45) is 0 Å². The highest BCUT2D eigenvalue weighted by molar-refractivity contribution is 5.79. The molecule has 1 aromatic heterocycles. The van der Waals surface area contributed by atoms with Gasteiger partial charge in [0.05, 0.1) is 6.10 Å². The van der Waals surface area contributed by atoms with E-state index in [0.717, 1.165) is 18.0 Å². The third-order valence-electron chi connectivity index (χ3n) is 3.34. The first-order chi connectivity index (χ1) is 10.2. The van der Waals surface area contributed by atoms with Gasteiger partial charge in [0.15, 0.2) is 0 Å². The van der Waals surface area contributed by atoms with Crippen molar-refractivity contribution in [1.29, 1.82) is 0 Å². The second-order valence-electron chi connectivity index (χ2n) is 5.44. The largest absolute Gasteiger partial charge is 0.491 e. The Morgan fingerprint density at radius 3 is 2.62 bits per heavy atom. The van der Waals surface area contributed by atoms with E-state index < -0.39 is 0 Å². The smallest absolute Gasteiger partial charge is 0.119 e. The number of ether oxygens (including phenoxy) is 1. The summed E-state index contributed by atoms with van der Waals surface area (Å²) in [5, 5.41) is 4.67. The summed E-state index contributed by atoms with van der Waals surface area (Å²) >= 11 is 0. The van der Waals surface area contributed by atoms with E-state index in [9.17, 15) is 0 Å². The van der Waals surface area contributed by atoms with Crippen molar-refractivity contribution >= 4 is 16.6 Å². The fourth-order valence-electron chi connectivity index (χ4n) is 2.33. The van der Waals surface area contributed by atoms with Gasteiger partial charge in [-0.1, -0.05) is 12.1 Å². The molecule has 0 aliphatic carbocycles. The molecule has 0 atom stereocenters. The second-order valence-corrected chi connectivity index (χ2v) is 5.44. The van der Waals surface area contributed by atoms with Crippen LogP contribution in [0.3, 0.4) is 0 Å². The predicted molar refractivity (Wildman–Crippen MR) is 87.8 cm³/mol. The average Bonchev–Trinajstić information content (AvgIpc) is 2.93. The Bertz CT molecular complexity index is 713. The molecule has 2 N–H and O–H groups in total. The number of rotatable bonds is 5. The van der Waals surface area contributed by atoms with Gasteiger partial charge in [-0.05, 0) is 61.2 Å². The number of aromatic nitrogens is 1. The molecule has 108 valence electrons. The Kier molecular flexibility index (Phi) is 3.82. The average molecular weight is 280 g/mol. The summed E-state index contributed by atoms with van der Waals surface area (Å²) in [4.78, 5) is 3.24. The Hall–Kier alpha value is -2.42. The molecule has 1 heterocycles. The van der Waals surface area contributed by atoms with Crippen molar-refractivity contribution in [1.82, 2.24) is 4.98 Å². The summed E-state index contributed by atoms with van der Waals surface area (Å²) in [6.07, 6.45) is 2.17. The maximum atomic E-state index is 5.64. The monoisotopic (exact) mass is 280 g/mol. The molecule has 0 radical (unpaired) electrons. The topological polar surface area (TPSA) is 37.0 Å². The number of H-pyrrole nitrogens is 1. The molecule has 0 unspecified atom stereocenters. The number of anilines is 1. The Balaban J connectivity index is 1.63. The van der Waals surface area contributed by atoms with Gasteiger partial charge in [-0.3, -0.25) is 0 Å². The number of benzene rings is 2. The van der Waals surface area contributed by atoms with Crippen LogP contribution >= 0.6 is 0 Å². The van der Waals surface area contributed by atoms with Crippen LogP contribution in [0.15, 0.2) is 54.7 Å². The third-order valence-corrected chi connectivity index (χ3v) is 3.34. The van der Waals surface area contributed by atoms with Gasteiger partial charge in [-0.2, -0.15) is 0 Å². The minimum absolute atomic E-state index is 0.205. The third kappa shape index (κ3) is 3.37. The molecule has 0 spiro atoms. The standard InChI is InChI=1S/C18H20N2O/c1-13(2)21-17-7-5-16(6-8-17)20-12-14-3-4-15-9-10-19-18(15)11-14/h3-11,13,19-20H,12H2,1-2H3. The van der Waals surface area contributed by atoms with Gasteiger partial charge in [0.25, 0.3) is 0 Å². The van der Waals surface area contributed by atoms with Crippen LogP contribution in [0.5, 0.6) is 5.75 Å². The first kappa shape index (κ1) is 13.6. The van der Waals surface area contributed by atoms with Gasteiger partial charge in [0.1, 0.15) is 5.75 Å². The van der Waals surface area contributed by atoms with Gasteiger partial charge >= 0.3 is 0 Å². The van der Waals surface area contributed by atoms with E-state index in [2.05, 4.69) is 34.6 Å². The van der Waals surface area contributed by atoms with Gasteiger partial charge in [-0.15, -0.1) is 0 Å². The molecule has 0 amide bonds. The van der Waals surface area contributed by atoms with Crippen LogP contribution in [0, 0.1) is 0 Å². The molecular formula is C18H20N2O. The van der Waals surface area contributed by atoms with E-state index in [4.69, 9.17) is 4.74 Å². The number of aromatic amines is 1. The van der Waals surface area contributed by atoms with Crippen molar-refractivity contribution in [3.05, 3.63) is 60.3 Å². The summed E-state index contributed by atoms with van der Waals surface area (Å²) < 4.78 is 5.64. The summed E-state index contributed by atoms with van der Waals surface area (Å²) in [7, 11) is 0. The molecular weight excluding hydrogens is 260 g/mol. The summed E-state index contributed by atoms with van der Waals surface area (Å²) in [6, 6.07) is 16.6. The minimum atomic E-state index is 0.205. The van der Waals surface area contributed by atoms with Gasteiger partial charge in [0.2, 0.25) is 0 Å². The molecule has 0 aliphatic rings. The molecule has 0 bridgehead atoms. The van der Waals surface area contributed by atoms with E-state index in [0.29, 0.717) is 0 Å². The fraction of sp³-hybridized carbons (Fsp3) is 0.222. The van der Waals surface area contributed by atoms with Crippen LogP contribution < -0.4 is 10.1 Å². The Morgan fingerprint density at radius 1 is 1.05 bits per heavy atom. The van der Waals surface area contributed by atoms with E-state index >= 15 is 0 Å². The number of hydrogen-bond donors (Lipinski definition) is 2. The lowest BCUT2D eigenvalue weighted by molar-refractivity contribution is 0.242. The molecule has 0 aliphatic heterocycles. The molecule has 3 rings (SSSR count). The maximum Gasteiger partial charge on any atom is 0.119 e. The van der Waals surface area contributed by atoms with E-state index in [1.54, 1.807) is 0 Å². The van der Waals surface area contributed by atoms with Crippen molar-refractivity contribution in [3.63, 3.8) is 0 Å². The maximum absolute atomic E-state index is 5.64. The highest BCUT2D eigenvalue weighted by atomic mass is 16.5. The number of nitrogens with one attached hydrogen (secondary N) is 2. The highest BCUT2D eigenvalue weighted by Gasteiger charge is 2.00. The van der Waals surface area contributed by atoms with Crippen molar-refractivity contribution in [2.45, 2.75) is 26.5 Å². The van der Waals surface area contributed by atoms with E-state index in [1.165, 1.54) is 16.5 Å². The lowest BCUT2D eigenvalue weighted by Crippen LogP contribution is -2.05. The highest BCUT2D eigenvalue weighted by Crippen LogP contribution is 2.19. The van der Waals surface area contributed by atoms with Crippen LogP contribution in [0.25, 0.3) is 10.9 Å². The van der Waals surface area contributed by atoms with E-state index in [-0.39, 0.29) is 6.10 Å².